The average Bonchev–Trinajstić information content (AvgIpc) is 3.03. The maximum atomic E-state index is 12.9. The molecule has 0 aromatic heterocycles. The average molecular weight is 334 g/mol. The van der Waals surface area contributed by atoms with Gasteiger partial charge in [0.25, 0.3) is 5.91 Å². The molecule has 5 heteroatoms. The van der Waals surface area contributed by atoms with Gasteiger partial charge in [0.1, 0.15) is 0 Å². The molecule has 0 aliphatic carbocycles. The fourth-order valence-electron chi connectivity index (χ4n) is 3.58. The van der Waals surface area contributed by atoms with Crippen LogP contribution in [0.4, 0.5) is 0 Å². The summed E-state index contributed by atoms with van der Waals surface area (Å²) >= 11 is 0. The predicted octanol–water partition coefficient (Wildman–Crippen LogP) is 1.24. The molecule has 1 saturated heterocycles. The normalized spacial score (nSPS) is 20.8. The Morgan fingerprint density at radius 2 is 1.92 bits per heavy atom. The van der Waals surface area contributed by atoms with Gasteiger partial charge in [-0.25, -0.2) is 0 Å². The molecule has 1 heterocycles. The number of amides is 1. The number of hydrogen-bond acceptors (Lipinski definition) is 4. The van der Waals surface area contributed by atoms with E-state index >= 15 is 0 Å². The van der Waals surface area contributed by atoms with Crippen LogP contribution in [0.15, 0.2) is 24.3 Å². The molecular weight excluding hydrogens is 304 g/mol. The van der Waals surface area contributed by atoms with Crippen molar-refractivity contribution in [1.29, 1.82) is 0 Å². The fourth-order valence-corrected chi connectivity index (χ4v) is 3.58. The van der Waals surface area contributed by atoms with Crippen molar-refractivity contribution in [3.8, 4) is 0 Å². The molecule has 2 rings (SSSR count). The van der Waals surface area contributed by atoms with Gasteiger partial charge in [0.15, 0.2) is 0 Å². The van der Waals surface area contributed by atoms with Gasteiger partial charge < -0.3 is 20.0 Å². The third kappa shape index (κ3) is 4.35. The molecule has 1 aliphatic rings. The van der Waals surface area contributed by atoms with E-state index in [4.69, 9.17) is 5.11 Å². The highest BCUT2D eigenvalue weighted by atomic mass is 16.3. The quantitative estimate of drug-likeness (QED) is 0.751. The number of nitrogens with zero attached hydrogens (tertiary/aromatic N) is 2. The summed E-state index contributed by atoms with van der Waals surface area (Å²) in [5.41, 5.74) is 1.85. The highest BCUT2D eigenvalue weighted by molar-refractivity contribution is 5.95. The standard InChI is InChI=1S/C19H30N2O3/c1-3-15-7-5-6-8-18(15)19(24)21-12-16(17(13-21)14-23)11-20(4-2)9-10-22/h5-8,16-17,22-23H,3-4,9-14H2,1-2H3. The van der Waals surface area contributed by atoms with Crippen molar-refractivity contribution in [3.63, 3.8) is 0 Å². The van der Waals surface area contributed by atoms with Crippen molar-refractivity contribution >= 4 is 5.91 Å². The van der Waals surface area contributed by atoms with Crippen molar-refractivity contribution in [2.45, 2.75) is 20.3 Å². The first-order chi connectivity index (χ1) is 11.6. The van der Waals surface area contributed by atoms with E-state index in [9.17, 15) is 9.90 Å². The zero-order valence-electron chi connectivity index (χ0n) is 14.8. The molecule has 0 spiro atoms. The van der Waals surface area contributed by atoms with Crippen LogP contribution in [0.1, 0.15) is 29.8 Å². The molecule has 0 bridgehead atoms. The van der Waals surface area contributed by atoms with Crippen molar-refractivity contribution < 1.29 is 15.0 Å². The molecule has 24 heavy (non-hydrogen) atoms. The minimum atomic E-state index is 0.0682. The van der Waals surface area contributed by atoms with E-state index in [1.165, 1.54) is 0 Å². The van der Waals surface area contributed by atoms with Crippen LogP contribution in [0.25, 0.3) is 0 Å². The highest BCUT2D eigenvalue weighted by Crippen LogP contribution is 2.26. The summed E-state index contributed by atoms with van der Waals surface area (Å²) in [5, 5.41) is 18.9. The van der Waals surface area contributed by atoms with E-state index in [0.29, 0.717) is 19.6 Å². The van der Waals surface area contributed by atoms with Crippen LogP contribution >= 0.6 is 0 Å². The molecule has 1 amide bonds. The highest BCUT2D eigenvalue weighted by Gasteiger charge is 2.36. The third-order valence-electron chi connectivity index (χ3n) is 5.08. The number of hydrogen-bond donors (Lipinski definition) is 2. The minimum absolute atomic E-state index is 0.0682. The summed E-state index contributed by atoms with van der Waals surface area (Å²) in [7, 11) is 0. The molecule has 0 saturated carbocycles. The smallest absolute Gasteiger partial charge is 0.254 e. The maximum absolute atomic E-state index is 12.9. The van der Waals surface area contributed by atoms with Crippen LogP contribution in [0, 0.1) is 11.8 Å². The first kappa shape index (κ1) is 18.9. The predicted molar refractivity (Wildman–Crippen MR) is 95.0 cm³/mol. The van der Waals surface area contributed by atoms with Gasteiger partial charge in [-0.3, -0.25) is 4.79 Å². The van der Waals surface area contributed by atoms with Crippen molar-refractivity contribution in [3.05, 3.63) is 35.4 Å². The lowest BCUT2D eigenvalue weighted by atomic mass is 9.96. The summed E-state index contributed by atoms with van der Waals surface area (Å²) in [6.07, 6.45) is 0.836. The summed E-state index contributed by atoms with van der Waals surface area (Å²) in [6, 6.07) is 7.77. The number of rotatable bonds is 8. The Bertz CT molecular complexity index is 535. The van der Waals surface area contributed by atoms with E-state index in [0.717, 1.165) is 30.6 Å². The first-order valence-electron chi connectivity index (χ1n) is 8.95. The van der Waals surface area contributed by atoms with Crippen LogP contribution in [-0.4, -0.2) is 71.9 Å². The van der Waals surface area contributed by atoms with Crippen LogP contribution in [-0.2, 0) is 6.42 Å². The molecular formula is C19H30N2O3. The molecule has 1 aromatic carbocycles. The van der Waals surface area contributed by atoms with Crippen molar-refractivity contribution in [2.75, 3.05) is 45.9 Å². The lowest BCUT2D eigenvalue weighted by Gasteiger charge is -2.25. The Hall–Kier alpha value is -1.43. The number of likely N-dealkylation sites (N-methyl/N-ethyl adjacent to an activating group) is 1. The van der Waals surface area contributed by atoms with Crippen LogP contribution in [0.5, 0.6) is 0 Å². The molecule has 1 fully saturated rings. The number of aliphatic hydroxyl groups is 2. The fraction of sp³-hybridized carbons (Fsp3) is 0.632. The van der Waals surface area contributed by atoms with Gasteiger partial charge in [0, 0.05) is 44.3 Å². The van der Waals surface area contributed by atoms with Crippen molar-refractivity contribution in [2.24, 2.45) is 11.8 Å². The van der Waals surface area contributed by atoms with Gasteiger partial charge in [-0.15, -0.1) is 0 Å². The Kier molecular flexibility index (Phi) is 7.21. The number of aliphatic hydroxyl groups excluding tert-OH is 2. The summed E-state index contributed by atoms with van der Waals surface area (Å²) < 4.78 is 0. The molecule has 1 aromatic rings. The van der Waals surface area contributed by atoms with Gasteiger partial charge in [0.05, 0.1) is 6.61 Å². The Morgan fingerprint density at radius 3 is 2.54 bits per heavy atom. The van der Waals surface area contributed by atoms with Crippen LogP contribution in [0.3, 0.4) is 0 Å². The molecule has 5 nitrogen and oxygen atoms in total. The molecule has 2 unspecified atom stereocenters. The molecule has 1 aliphatic heterocycles. The minimum Gasteiger partial charge on any atom is -0.396 e. The van der Waals surface area contributed by atoms with E-state index < -0.39 is 0 Å². The van der Waals surface area contributed by atoms with Crippen molar-refractivity contribution in [1.82, 2.24) is 9.80 Å². The first-order valence-corrected chi connectivity index (χ1v) is 8.95. The third-order valence-corrected chi connectivity index (χ3v) is 5.08. The van der Waals surface area contributed by atoms with Gasteiger partial charge >= 0.3 is 0 Å². The van der Waals surface area contributed by atoms with E-state index in [1.54, 1.807) is 0 Å². The maximum Gasteiger partial charge on any atom is 0.254 e. The number of aryl methyl sites for hydroxylation is 1. The second kappa shape index (κ2) is 9.16. The number of carbonyl (C=O) groups excluding carboxylic acids is 1. The van der Waals surface area contributed by atoms with E-state index in [1.807, 2.05) is 29.2 Å². The van der Waals surface area contributed by atoms with Crippen LogP contribution in [0.2, 0.25) is 0 Å². The molecule has 2 N–H and O–H groups in total. The van der Waals surface area contributed by atoms with Gasteiger partial charge in [-0.2, -0.15) is 0 Å². The number of benzene rings is 1. The second-order valence-electron chi connectivity index (χ2n) is 6.54. The summed E-state index contributed by atoms with van der Waals surface area (Å²) in [6.45, 7) is 7.94. The summed E-state index contributed by atoms with van der Waals surface area (Å²) in [5.74, 6) is 0.424. The molecule has 0 radical (unpaired) electrons. The Labute approximate surface area is 144 Å². The monoisotopic (exact) mass is 334 g/mol. The largest absolute Gasteiger partial charge is 0.396 e. The lowest BCUT2D eigenvalue weighted by Crippen LogP contribution is -2.36. The number of carbonyl (C=O) groups is 1. The van der Waals surface area contributed by atoms with E-state index in [2.05, 4.69) is 18.7 Å². The van der Waals surface area contributed by atoms with Crippen LogP contribution < -0.4 is 0 Å². The molecule has 134 valence electrons. The number of likely N-dealkylation sites (tertiary alicyclic amines) is 1. The second-order valence-corrected chi connectivity index (χ2v) is 6.54. The van der Waals surface area contributed by atoms with Gasteiger partial charge in [-0.1, -0.05) is 32.0 Å². The zero-order valence-corrected chi connectivity index (χ0v) is 14.8. The van der Waals surface area contributed by atoms with Gasteiger partial charge in [0.2, 0.25) is 0 Å². The zero-order chi connectivity index (χ0) is 17.5. The topological polar surface area (TPSA) is 64.0 Å². The van der Waals surface area contributed by atoms with Gasteiger partial charge in [-0.05, 0) is 30.5 Å². The Balaban J connectivity index is 2.08. The lowest BCUT2D eigenvalue weighted by molar-refractivity contribution is 0.0777. The SMILES string of the molecule is CCc1ccccc1C(=O)N1CC(CO)C(CN(CC)CCO)C1. The summed E-state index contributed by atoms with van der Waals surface area (Å²) in [4.78, 5) is 17.0. The Morgan fingerprint density at radius 1 is 1.21 bits per heavy atom. The van der Waals surface area contributed by atoms with E-state index in [-0.39, 0.29) is 31.0 Å². The molecule has 2 atom stereocenters.